The van der Waals surface area contributed by atoms with Crippen LogP contribution in [0.3, 0.4) is 0 Å². The van der Waals surface area contributed by atoms with E-state index in [2.05, 4.69) is 23.8 Å². The van der Waals surface area contributed by atoms with Crippen molar-refractivity contribution in [3.8, 4) is 0 Å². The third kappa shape index (κ3) is 3.91. The number of hydrogen-bond donors (Lipinski definition) is 0. The number of rotatable bonds is 5. The number of carbonyl (C=O) groups is 1. The highest BCUT2D eigenvalue weighted by Gasteiger charge is 2.22. The zero-order valence-electron chi connectivity index (χ0n) is 15.7. The number of aryl methyl sites for hydroxylation is 3. The molecule has 0 bridgehead atoms. The van der Waals surface area contributed by atoms with E-state index in [9.17, 15) is 4.79 Å². The van der Waals surface area contributed by atoms with Gasteiger partial charge in [0.2, 0.25) is 5.91 Å². The van der Waals surface area contributed by atoms with E-state index >= 15 is 0 Å². The van der Waals surface area contributed by atoms with Crippen LogP contribution in [0.1, 0.15) is 28.8 Å². The molecule has 0 aliphatic rings. The summed E-state index contributed by atoms with van der Waals surface area (Å²) in [6.45, 7) is 8.67. The fourth-order valence-corrected chi connectivity index (χ4v) is 5.17. The number of fused-ring (bicyclic) bond motifs is 1. The molecule has 6 heteroatoms. The summed E-state index contributed by atoms with van der Waals surface area (Å²) in [5, 5.41) is 1.79. The number of thiophene rings is 1. The third-order valence-corrected chi connectivity index (χ3v) is 6.56. The Morgan fingerprint density at radius 1 is 1.19 bits per heavy atom. The highest BCUT2D eigenvalue weighted by Crippen LogP contribution is 2.36. The Bertz CT molecular complexity index is 937. The summed E-state index contributed by atoms with van der Waals surface area (Å²) in [4.78, 5) is 26.1. The highest BCUT2D eigenvalue weighted by atomic mass is 32.2. The standard InChI is InChI=1S/C20H23N3OS2/c1-12-13(2)25-18-17(12)19(22-15(4)21-18)26-14(3)20(24)23(5)11-16-9-7-6-8-10-16/h6-10,14H,11H2,1-5H3. The second-order valence-corrected chi connectivity index (χ2v) is 9.01. The average molecular weight is 386 g/mol. The molecule has 1 unspecified atom stereocenters. The van der Waals surface area contributed by atoms with Crippen LogP contribution < -0.4 is 0 Å². The summed E-state index contributed by atoms with van der Waals surface area (Å²) < 4.78 is 0. The largest absolute Gasteiger partial charge is 0.340 e. The van der Waals surface area contributed by atoms with Crippen molar-refractivity contribution in [1.29, 1.82) is 0 Å². The van der Waals surface area contributed by atoms with Crippen LogP contribution in [0.25, 0.3) is 10.2 Å². The first-order chi connectivity index (χ1) is 12.4. The predicted molar refractivity (Wildman–Crippen MR) is 110 cm³/mol. The van der Waals surface area contributed by atoms with Crippen LogP contribution in [0.4, 0.5) is 0 Å². The zero-order valence-corrected chi connectivity index (χ0v) is 17.4. The molecule has 136 valence electrons. The Labute approximate surface area is 162 Å². The van der Waals surface area contributed by atoms with Crippen molar-refractivity contribution in [2.75, 3.05) is 7.05 Å². The van der Waals surface area contributed by atoms with Crippen LogP contribution in [0.5, 0.6) is 0 Å². The van der Waals surface area contributed by atoms with Crippen molar-refractivity contribution in [2.45, 2.75) is 44.5 Å². The van der Waals surface area contributed by atoms with Gasteiger partial charge in [-0.3, -0.25) is 4.79 Å². The molecule has 1 aromatic carbocycles. The first-order valence-corrected chi connectivity index (χ1v) is 10.3. The van der Waals surface area contributed by atoms with Crippen molar-refractivity contribution in [2.24, 2.45) is 0 Å². The van der Waals surface area contributed by atoms with Gasteiger partial charge in [-0.25, -0.2) is 9.97 Å². The minimum absolute atomic E-state index is 0.105. The Balaban J connectivity index is 1.80. The van der Waals surface area contributed by atoms with Crippen molar-refractivity contribution in [3.63, 3.8) is 0 Å². The maximum Gasteiger partial charge on any atom is 0.235 e. The number of nitrogens with zero attached hydrogens (tertiary/aromatic N) is 3. The molecular formula is C20H23N3OS2. The molecule has 2 heterocycles. The topological polar surface area (TPSA) is 46.1 Å². The second-order valence-electron chi connectivity index (χ2n) is 6.48. The van der Waals surface area contributed by atoms with Gasteiger partial charge in [0.15, 0.2) is 0 Å². The fraction of sp³-hybridized carbons (Fsp3) is 0.350. The molecule has 0 saturated heterocycles. The first kappa shape index (κ1) is 18.9. The van der Waals surface area contributed by atoms with E-state index in [1.165, 1.54) is 22.2 Å². The van der Waals surface area contributed by atoms with E-state index < -0.39 is 0 Å². The second kappa shape index (κ2) is 7.76. The Morgan fingerprint density at radius 3 is 2.58 bits per heavy atom. The van der Waals surface area contributed by atoms with E-state index in [1.807, 2.05) is 51.2 Å². The monoisotopic (exact) mass is 385 g/mol. The number of carbonyl (C=O) groups excluding carboxylic acids is 1. The molecule has 0 fully saturated rings. The normalized spacial score (nSPS) is 12.3. The van der Waals surface area contributed by atoms with Gasteiger partial charge in [0.1, 0.15) is 15.7 Å². The lowest BCUT2D eigenvalue weighted by atomic mass is 10.2. The molecule has 1 atom stereocenters. The van der Waals surface area contributed by atoms with E-state index in [0.717, 1.165) is 26.6 Å². The van der Waals surface area contributed by atoms with Gasteiger partial charge in [0, 0.05) is 23.9 Å². The molecule has 3 rings (SSSR count). The van der Waals surface area contributed by atoms with E-state index in [0.29, 0.717) is 6.54 Å². The highest BCUT2D eigenvalue weighted by molar-refractivity contribution is 8.00. The molecule has 3 aromatic rings. The van der Waals surface area contributed by atoms with Gasteiger partial charge in [-0.15, -0.1) is 11.3 Å². The smallest absolute Gasteiger partial charge is 0.235 e. The van der Waals surface area contributed by atoms with Gasteiger partial charge in [0.25, 0.3) is 0 Å². The number of benzene rings is 1. The third-order valence-electron chi connectivity index (χ3n) is 4.38. The molecule has 26 heavy (non-hydrogen) atoms. The average Bonchev–Trinajstić information content (AvgIpc) is 2.89. The van der Waals surface area contributed by atoms with Crippen molar-refractivity contribution >= 4 is 39.2 Å². The molecular weight excluding hydrogens is 362 g/mol. The maximum absolute atomic E-state index is 12.8. The molecule has 0 spiro atoms. The Hall–Kier alpha value is -1.92. The maximum atomic E-state index is 12.8. The molecule has 4 nitrogen and oxygen atoms in total. The molecule has 1 amide bonds. The quantitative estimate of drug-likeness (QED) is 0.469. The molecule has 0 N–H and O–H groups in total. The lowest BCUT2D eigenvalue weighted by Crippen LogP contribution is -2.32. The zero-order chi connectivity index (χ0) is 18.8. The molecule has 2 aromatic heterocycles. The molecule has 0 saturated carbocycles. The minimum atomic E-state index is -0.208. The molecule has 0 aliphatic carbocycles. The Kier molecular flexibility index (Phi) is 5.63. The summed E-state index contributed by atoms with van der Waals surface area (Å²) in [5.74, 6) is 0.853. The van der Waals surface area contributed by atoms with Crippen molar-refractivity contribution < 1.29 is 4.79 Å². The SMILES string of the molecule is Cc1nc(SC(C)C(=O)N(C)Cc2ccccc2)c2c(C)c(C)sc2n1. The molecule has 0 aliphatic heterocycles. The predicted octanol–water partition coefficient (Wildman–Crippen LogP) is 4.76. The number of thioether (sulfide) groups is 1. The number of hydrogen-bond acceptors (Lipinski definition) is 5. The van der Waals surface area contributed by atoms with Crippen LogP contribution in [0, 0.1) is 20.8 Å². The summed E-state index contributed by atoms with van der Waals surface area (Å²) in [5.41, 5.74) is 2.34. The van der Waals surface area contributed by atoms with Gasteiger partial charge in [-0.2, -0.15) is 0 Å². The fourth-order valence-electron chi connectivity index (χ4n) is 2.86. The first-order valence-electron chi connectivity index (χ1n) is 8.56. The van der Waals surface area contributed by atoms with E-state index in [-0.39, 0.29) is 11.2 Å². The van der Waals surface area contributed by atoms with Crippen molar-refractivity contribution in [1.82, 2.24) is 14.9 Å². The number of aromatic nitrogens is 2. The van der Waals surface area contributed by atoms with Gasteiger partial charge in [-0.05, 0) is 38.8 Å². The minimum Gasteiger partial charge on any atom is -0.340 e. The lowest BCUT2D eigenvalue weighted by molar-refractivity contribution is -0.129. The van der Waals surface area contributed by atoms with Gasteiger partial charge in [-0.1, -0.05) is 42.1 Å². The van der Waals surface area contributed by atoms with Gasteiger partial charge >= 0.3 is 0 Å². The van der Waals surface area contributed by atoms with Crippen LogP contribution in [-0.4, -0.2) is 33.1 Å². The number of amides is 1. The van der Waals surface area contributed by atoms with Crippen LogP contribution in [-0.2, 0) is 11.3 Å². The van der Waals surface area contributed by atoms with E-state index in [1.54, 1.807) is 16.2 Å². The van der Waals surface area contributed by atoms with Gasteiger partial charge < -0.3 is 4.90 Å². The molecule has 0 radical (unpaired) electrons. The summed E-state index contributed by atoms with van der Waals surface area (Å²) in [6, 6.07) is 10.0. The van der Waals surface area contributed by atoms with E-state index in [4.69, 9.17) is 0 Å². The van der Waals surface area contributed by atoms with Crippen LogP contribution in [0.2, 0.25) is 0 Å². The van der Waals surface area contributed by atoms with Crippen LogP contribution in [0.15, 0.2) is 35.4 Å². The summed E-state index contributed by atoms with van der Waals surface area (Å²) in [7, 11) is 1.85. The van der Waals surface area contributed by atoms with Crippen molar-refractivity contribution in [3.05, 3.63) is 52.2 Å². The lowest BCUT2D eigenvalue weighted by Gasteiger charge is -2.21. The summed E-state index contributed by atoms with van der Waals surface area (Å²) >= 11 is 3.22. The Morgan fingerprint density at radius 2 is 1.88 bits per heavy atom. The summed E-state index contributed by atoms with van der Waals surface area (Å²) in [6.07, 6.45) is 0. The van der Waals surface area contributed by atoms with Gasteiger partial charge in [0.05, 0.1) is 5.25 Å². The van der Waals surface area contributed by atoms with Crippen LogP contribution >= 0.6 is 23.1 Å².